The number of hydrogen-bond donors (Lipinski definition) is 2. The van der Waals surface area contributed by atoms with E-state index in [4.69, 9.17) is 9.15 Å². The van der Waals surface area contributed by atoms with Crippen LogP contribution in [0.5, 0.6) is 0 Å². The van der Waals surface area contributed by atoms with Gasteiger partial charge in [-0.2, -0.15) is 0 Å². The van der Waals surface area contributed by atoms with Crippen molar-refractivity contribution in [3.05, 3.63) is 65.0 Å². The topological polar surface area (TPSA) is 80.2 Å². The molecule has 6 nitrogen and oxygen atoms in total. The van der Waals surface area contributed by atoms with Crippen molar-refractivity contribution >= 4 is 33.0 Å². The number of carbonyl (C=O) groups is 1. The molecule has 4 aromatic rings. The van der Waals surface area contributed by atoms with Crippen molar-refractivity contribution < 1.29 is 13.9 Å². The van der Waals surface area contributed by atoms with Gasteiger partial charge < -0.3 is 19.5 Å². The Labute approximate surface area is 208 Å². The number of nitrogens with zero attached hydrogens (tertiary/aromatic N) is 1. The van der Waals surface area contributed by atoms with Gasteiger partial charge >= 0.3 is 6.09 Å². The number of rotatable bonds is 4. The standard InChI is InChI=1S/C27H30BrN3O3/c1-26(2,3)23(31-25(32)34-27(4,5)6)24-29-15-20(30-24)16-7-9-17(10-8-16)21-13-18-11-12-19(28)14-22(18)33-21/h7-15,23H,1-6H3,(H,29,30)(H,31,32)/t23-/m1/s1. The molecule has 0 aliphatic carbocycles. The molecule has 0 aliphatic rings. The van der Waals surface area contributed by atoms with Gasteiger partial charge in [0.05, 0.1) is 17.9 Å². The predicted molar refractivity (Wildman–Crippen MR) is 138 cm³/mol. The zero-order valence-corrected chi connectivity index (χ0v) is 21.9. The molecule has 2 aromatic heterocycles. The highest BCUT2D eigenvalue weighted by atomic mass is 79.9. The van der Waals surface area contributed by atoms with E-state index in [0.717, 1.165) is 38.0 Å². The van der Waals surface area contributed by atoms with Crippen molar-refractivity contribution in [1.29, 1.82) is 0 Å². The van der Waals surface area contributed by atoms with Gasteiger partial charge in [0, 0.05) is 15.4 Å². The molecular weight excluding hydrogens is 494 g/mol. The molecule has 0 saturated carbocycles. The number of nitrogens with one attached hydrogen (secondary N) is 2. The van der Waals surface area contributed by atoms with Gasteiger partial charge in [-0.05, 0) is 56.0 Å². The normalized spacial score (nSPS) is 13.1. The van der Waals surface area contributed by atoms with Gasteiger partial charge in [0.1, 0.15) is 22.8 Å². The quantitative estimate of drug-likeness (QED) is 0.285. The molecule has 0 spiro atoms. The van der Waals surface area contributed by atoms with Crippen LogP contribution in [0.2, 0.25) is 0 Å². The molecule has 2 heterocycles. The van der Waals surface area contributed by atoms with E-state index in [1.165, 1.54) is 0 Å². The van der Waals surface area contributed by atoms with Crippen LogP contribution in [0.15, 0.2) is 63.6 Å². The van der Waals surface area contributed by atoms with Gasteiger partial charge in [0.25, 0.3) is 0 Å². The summed E-state index contributed by atoms with van der Waals surface area (Å²) in [6.07, 6.45) is 1.33. The number of fused-ring (bicyclic) bond motifs is 1. The number of alkyl carbamates (subject to hydrolysis) is 1. The van der Waals surface area contributed by atoms with E-state index in [0.29, 0.717) is 5.82 Å². The van der Waals surface area contributed by atoms with Crippen LogP contribution in [0.3, 0.4) is 0 Å². The maximum Gasteiger partial charge on any atom is 0.408 e. The van der Waals surface area contributed by atoms with Crippen molar-refractivity contribution in [2.24, 2.45) is 5.41 Å². The molecular formula is C27H30BrN3O3. The summed E-state index contributed by atoms with van der Waals surface area (Å²) in [6.45, 7) is 11.7. The largest absolute Gasteiger partial charge is 0.456 e. The lowest BCUT2D eigenvalue weighted by Crippen LogP contribution is -2.40. The number of aromatic amines is 1. The number of carbonyl (C=O) groups excluding carboxylic acids is 1. The van der Waals surface area contributed by atoms with Crippen molar-refractivity contribution in [2.75, 3.05) is 0 Å². The SMILES string of the molecule is CC(C)(C)OC(=O)N[C@H](c1ncc(-c2ccc(-c3cc4ccc(Br)cc4o3)cc2)[nH]1)C(C)(C)C. The van der Waals surface area contributed by atoms with Crippen LogP contribution in [0.25, 0.3) is 33.6 Å². The zero-order valence-electron chi connectivity index (χ0n) is 20.3. The van der Waals surface area contributed by atoms with E-state index >= 15 is 0 Å². The molecule has 1 atom stereocenters. The molecule has 7 heteroatoms. The third-order valence-corrected chi connectivity index (χ3v) is 5.85. The summed E-state index contributed by atoms with van der Waals surface area (Å²) in [7, 11) is 0. The Morgan fingerprint density at radius 1 is 1.03 bits per heavy atom. The summed E-state index contributed by atoms with van der Waals surface area (Å²) < 4.78 is 12.5. The minimum absolute atomic E-state index is 0.272. The first-order valence-corrected chi connectivity index (χ1v) is 12.0. The predicted octanol–water partition coefficient (Wildman–Crippen LogP) is 7.86. The molecule has 0 saturated heterocycles. The minimum atomic E-state index is -0.571. The molecule has 2 aromatic carbocycles. The molecule has 0 aliphatic heterocycles. The molecule has 0 bridgehead atoms. The molecule has 34 heavy (non-hydrogen) atoms. The number of H-pyrrole nitrogens is 1. The van der Waals surface area contributed by atoms with E-state index in [9.17, 15) is 4.79 Å². The van der Waals surface area contributed by atoms with E-state index < -0.39 is 11.7 Å². The Balaban J connectivity index is 1.55. The van der Waals surface area contributed by atoms with E-state index in [2.05, 4.69) is 52.0 Å². The Kier molecular flexibility index (Phi) is 6.34. The lowest BCUT2D eigenvalue weighted by Gasteiger charge is -2.31. The van der Waals surface area contributed by atoms with Gasteiger partial charge in [-0.1, -0.05) is 61.0 Å². The number of amides is 1. The van der Waals surface area contributed by atoms with Gasteiger partial charge in [-0.3, -0.25) is 0 Å². The number of imidazole rings is 1. The van der Waals surface area contributed by atoms with Crippen LogP contribution in [-0.4, -0.2) is 21.7 Å². The maximum absolute atomic E-state index is 12.4. The summed E-state index contributed by atoms with van der Waals surface area (Å²) in [4.78, 5) is 20.4. The Bertz CT molecular complexity index is 1310. The highest BCUT2D eigenvalue weighted by molar-refractivity contribution is 9.10. The van der Waals surface area contributed by atoms with Crippen LogP contribution >= 0.6 is 15.9 Å². The number of benzene rings is 2. The second kappa shape index (κ2) is 8.95. The van der Waals surface area contributed by atoms with E-state index in [1.807, 2.05) is 69.3 Å². The Morgan fingerprint density at radius 3 is 2.35 bits per heavy atom. The highest BCUT2D eigenvalue weighted by Gasteiger charge is 2.32. The molecule has 1 amide bonds. The summed E-state index contributed by atoms with van der Waals surface area (Å²) in [5.74, 6) is 1.50. The number of halogens is 1. The summed E-state index contributed by atoms with van der Waals surface area (Å²) in [5.41, 5.74) is 2.86. The van der Waals surface area contributed by atoms with Gasteiger partial charge in [0.15, 0.2) is 0 Å². The number of ether oxygens (including phenoxy) is 1. The average molecular weight is 524 g/mol. The van der Waals surface area contributed by atoms with Crippen LogP contribution in [0, 0.1) is 5.41 Å². The number of aromatic nitrogens is 2. The molecule has 4 rings (SSSR count). The summed E-state index contributed by atoms with van der Waals surface area (Å²) in [5, 5.41) is 4.03. The first-order chi connectivity index (χ1) is 15.9. The fourth-order valence-corrected chi connectivity index (χ4v) is 4.05. The molecule has 178 valence electrons. The van der Waals surface area contributed by atoms with Crippen molar-refractivity contribution in [1.82, 2.24) is 15.3 Å². The second-order valence-electron chi connectivity index (χ2n) is 10.5. The number of hydrogen-bond acceptors (Lipinski definition) is 4. The molecule has 2 N–H and O–H groups in total. The number of furan rings is 1. The summed E-state index contributed by atoms with van der Waals surface area (Å²) in [6, 6.07) is 15.8. The van der Waals surface area contributed by atoms with E-state index in [1.54, 1.807) is 6.20 Å². The third-order valence-electron chi connectivity index (χ3n) is 5.36. The fraction of sp³-hybridized carbons (Fsp3) is 0.333. The van der Waals surface area contributed by atoms with Gasteiger partial charge in [-0.25, -0.2) is 9.78 Å². The van der Waals surface area contributed by atoms with Crippen molar-refractivity contribution in [2.45, 2.75) is 53.2 Å². The average Bonchev–Trinajstić information content (AvgIpc) is 3.37. The third kappa shape index (κ3) is 5.53. The lowest BCUT2D eigenvalue weighted by molar-refractivity contribution is 0.0458. The van der Waals surface area contributed by atoms with Gasteiger partial charge in [-0.15, -0.1) is 0 Å². The summed E-state index contributed by atoms with van der Waals surface area (Å²) >= 11 is 3.48. The van der Waals surface area contributed by atoms with Gasteiger partial charge in [0.2, 0.25) is 0 Å². The van der Waals surface area contributed by atoms with E-state index in [-0.39, 0.29) is 11.5 Å². The smallest absolute Gasteiger partial charge is 0.408 e. The highest BCUT2D eigenvalue weighted by Crippen LogP contribution is 2.34. The molecule has 0 radical (unpaired) electrons. The van der Waals surface area contributed by atoms with Crippen LogP contribution in [0.4, 0.5) is 4.79 Å². The van der Waals surface area contributed by atoms with Crippen LogP contribution in [-0.2, 0) is 4.74 Å². The first kappa shape index (κ1) is 24.1. The van der Waals surface area contributed by atoms with Crippen molar-refractivity contribution in [3.63, 3.8) is 0 Å². The lowest BCUT2D eigenvalue weighted by atomic mass is 9.86. The maximum atomic E-state index is 12.4. The van der Waals surface area contributed by atoms with Crippen LogP contribution in [0.1, 0.15) is 53.4 Å². The monoisotopic (exact) mass is 523 g/mol. The second-order valence-corrected chi connectivity index (χ2v) is 11.4. The van der Waals surface area contributed by atoms with Crippen LogP contribution < -0.4 is 5.32 Å². The first-order valence-electron chi connectivity index (χ1n) is 11.2. The fourth-order valence-electron chi connectivity index (χ4n) is 3.71. The Morgan fingerprint density at radius 2 is 1.71 bits per heavy atom. The molecule has 0 fully saturated rings. The zero-order chi connectivity index (χ0) is 24.7. The van der Waals surface area contributed by atoms with Crippen molar-refractivity contribution in [3.8, 4) is 22.6 Å². The molecule has 0 unspecified atom stereocenters. The Hall–Kier alpha value is -3.06. The minimum Gasteiger partial charge on any atom is -0.456 e.